The van der Waals surface area contributed by atoms with Gasteiger partial charge >= 0.3 is 0 Å². The average molecular weight is 231 g/mol. The predicted molar refractivity (Wildman–Crippen MR) is 69.9 cm³/mol. The molecule has 0 saturated carbocycles. The van der Waals surface area contributed by atoms with E-state index in [9.17, 15) is 4.79 Å². The van der Waals surface area contributed by atoms with Crippen molar-refractivity contribution in [2.45, 2.75) is 52.0 Å². The molecule has 1 N–H and O–H groups in total. The summed E-state index contributed by atoms with van der Waals surface area (Å²) in [6.45, 7) is 3.70. The predicted octanol–water partition coefficient (Wildman–Crippen LogP) is 3.15. The Morgan fingerprint density at radius 3 is 2.65 bits per heavy atom. The van der Waals surface area contributed by atoms with E-state index >= 15 is 0 Å². The van der Waals surface area contributed by atoms with Crippen molar-refractivity contribution < 1.29 is 4.79 Å². The summed E-state index contributed by atoms with van der Waals surface area (Å²) in [5, 5.41) is 3.01. The Kier molecular flexibility index (Phi) is 3.82. The van der Waals surface area contributed by atoms with Crippen molar-refractivity contribution in [2.24, 2.45) is 0 Å². The minimum atomic E-state index is 0.0505. The molecule has 1 atom stereocenters. The van der Waals surface area contributed by atoms with Gasteiger partial charge in [-0.25, -0.2) is 0 Å². The summed E-state index contributed by atoms with van der Waals surface area (Å²) in [6.07, 6.45) is 5.97. The Bertz CT molecular complexity index is 411. The fourth-order valence-corrected chi connectivity index (χ4v) is 2.64. The Hall–Kier alpha value is -1.31. The van der Waals surface area contributed by atoms with Gasteiger partial charge in [-0.15, -0.1) is 0 Å². The zero-order chi connectivity index (χ0) is 12.3. The number of amides is 1. The van der Waals surface area contributed by atoms with E-state index in [1.54, 1.807) is 6.92 Å². The molecule has 2 heteroatoms. The lowest BCUT2D eigenvalue weighted by Gasteiger charge is -2.21. The molecule has 1 aromatic rings. The minimum Gasteiger partial charge on any atom is -0.350 e. The van der Waals surface area contributed by atoms with E-state index in [0.29, 0.717) is 0 Å². The average Bonchev–Trinajstić information content (AvgIpc) is 2.35. The van der Waals surface area contributed by atoms with Crippen molar-refractivity contribution in [3.8, 4) is 0 Å². The van der Waals surface area contributed by atoms with Gasteiger partial charge in [-0.3, -0.25) is 4.79 Å². The van der Waals surface area contributed by atoms with Gasteiger partial charge in [0.25, 0.3) is 0 Å². The molecular weight excluding hydrogens is 210 g/mol. The minimum absolute atomic E-state index is 0.0505. The lowest BCUT2D eigenvalue weighted by Crippen LogP contribution is -2.25. The first-order valence-corrected chi connectivity index (χ1v) is 6.59. The fourth-order valence-electron chi connectivity index (χ4n) is 2.64. The van der Waals surface area contributed by atoms with E-state index in [4.69, 9.17) is 0 Å². The Morgan fingerprint density at radius 2 is 2.00 bits per heavy atom. The summed E-state index contributed by atoms with van der Waals surface area (Å²) < 4.78 is 0. The summed E-state index contributed by atoms with van der Waals surface area (Å²) in [5.74, 6) is 0.0505. The van der Waals surface area contributed by atoms with Crippen LogP contribution in [0.3, 0.4) is 0 Å². The van der Waals surface area contributed by atoms with Gasteiger partial charge in [-0.1, -0.05) is 25.1 Å². The van der Waals surface area contributed by atoms with Crippen molar-refractivity contribution in [1.29, 1.82) is 0 Å². The van der Waals surface area contributed by atoms with Crippen LogP contribution in [0.25, 0.3) is 0 Å². The largest absolute Gasteiger partial charge is 0.350 e. The van der Waals surface area contributed by atoms with Crippen molar-refractivity contribution in [3.05, 3.63) is 34.9 Å². The number of rotatable bonds is 3. The molecule has 1 amide bonds. The van der Waals surface area contributed by atoms with Crippen molar-refractivity contribution in [3.63, 3.8) is 0 Å². The zero-order valence-corrected chi connectivity index (χ0v) is 10.8. The number of aryl methyl sites for hydroxylation is 2. The molecule has 0 bridgehead atoms. The summed E-state index contributed by atoms with van der Waals surface area (Å²) in [4.78, 5) is 11.2. The molecule has 0 radical (unpaired) electrons. The highest BCUT2D eigenvalue weighted by atomic mass is 16.1. The molecule has 0 fully saturated rings. The molecule has 0 spiro atoms. The number of hydrogen-bond acceptors (Lipinski definition) is 1. The summed E-state index contributed by atoms with van der Waals surface area (Å²) >= 11 is 0. The quantitative estimate of drug-likeness (QED) is 0.850. The van der Waals surface area contributed by atoms with E-state index in [-0.39, 0.29) is 11.9 Å². The first kappa shape index (κ1) is 12.2. The van der Waals surface area contributed by atoms with E-state index in [0.717, 1.165) is 6.42 Å². The van der Waals surface area contributed by atoms with Crippen LogP contribution >= 0.6 is 0 Å². The third-order valence-electron chi connectivity index (χ3n) is 3.56. The van der Waals surface area contributed by atoms with E-state index in [2.05, 4.69) is 30.4 Å². The fraction of sp³-hybridized carbons (Fsp3) is 0.533. The van der Waals surface area contributed by atoms with Gasteiger partial charge in [0.1, 0.15) is 0 Å². The van der Waals surface area contributed by atoms with E-state index < -0.39 is 0 Å². The third kappa shape index (κ3) is 2.87. The molecule has 1 aromatic carbocycles. The highest BCUT2D eigenvalue weighted by molar-refractivity contribution is 5.73. The maximum atomic E-state index is 11.2. The Morgan fingerprint density at radius 1 is 1.29 bits per heavy atom. The molecule has 1 unspecified atom stereocenters. The maximum absolute atomic E-state index is 11.2. The molecule has 92 valence electrons. The normalized spacial score (nSPS) is 16.1. The molecule has 2 nitrogen and oxygen atoms in total. The zero-order valence-electron chi connectivity index (χ0n) is 10.8. The SMILES string of the molecule is CCC(NC(C)=O)c1ccc2c(c1)CCCC2. The number of hydrogen-bond donors (Lipinski definition) is 1. The van der Waals surface area contributed by atoms with Crippen LogP contribution in [0.15, 0.2) is 18.2 Å². The van der Waals surface area contributed by atoms with Crippen molar-refractivity contribution in [2.75, 3.05) is 0 Å². The molecular formula is C15H21NO. The monoisotopic (exact) mass is 231 g/mol. The molecule has 1 aliphatic carbocycles. The Labute approximate surface area is 103 Å². The van der Waals surface area contributed by atoms with Crippen LogP contribution < -0.4 is 5.32 Å². The molecule has 0 aliphatic heterocycles. The van der Waals surface area contributed by atoms with E-state index in [1.807, 2.05) is 0 Å². The lowest BCUT2D eigenvalue weighted by atomic mass is 9.89. The molecule has 0 aromatic heterocycles. The van der Waals surface area contributed by atoms with Crippen molar-refractivity contribution >= 4 is 5.91 Å². The second kappa shape index (κ2) is 5.35. The molecule has 0 saturated heterocycles. The number of benzene rings is 1. The molecule has 1 aliphatic rings. The number of fused-ring (bicyclic) bond motifs is 1. The smallest absolute Gasteiger partial charge is 0.217 e. The van der Waals surface area contributed by atoms with Crippen LogP contribution in [0, 0.1) is 0 Å². The van der Waals surface area contributed by atoms with Crippen molar-refractivity contribution in [1.82, 2.24) is 5.32 Å². The summed E-state index contributed by atoms with van der Waals surface area (Å²) in [6, 6.07) is 6.88. The number of carbonyl (C=O) groups is 1. The number of carbonyl (C=O) groups excluding carboxylic acids is 1. The first-order valence-electron chi connectivity index (χ1n) is 6.59. The second-order valence-corrected chi connectivity index (χ2v) is 4.90. The molecule has 2 rings (SSSR count). The van der Waals surface area contributed by atoms with Gasteiger partial charge in [0.2, 0.25) is 5.91 Å². The van der Waals surface area contributed by atoms with Crippen LogP contribution in [-0.4, -0.2) is 5.91 Å². The standard InChI is InChI=1S/C15H21NO/c1-3-15(16-11(2)17)14-9-8-12-6-4-5-7-13(12)10-14/h8-10,15H,3-7H2,1-2H3,(H,16,17). The van der Waals surface area contributed by atoms with Gasteiger partial charge in [0, 0.05) is 6.92 Å². The van der Waals surface area contributed by atoms with Gasteiger partial charge in [-0.05, 0) is 48.8 Å². The van der Waals surface area contributed by atoms with Gasteiger partial charge < -0.3 is 5.32 Å². The molecule has 17 heavy (non-hydrogen) atoms. The number of nitrogens with one attached hydrogen (secondary N) is 1. The van der Waals surface area contributed by atoms with Crippen LogP contribution in [0.1, 0.15) is 55.8 Å². The van der Waals surface area contributed by atoms with Gasteiger partial charge in [0.15, 0.2) is 0 Å². The summed E-state index contributed by atoms with van der Waals surface area (Å²) in [7, 11) is 0. The van der Waals surface area contributed by atoms with Crippen LogP contribution in [0.4, 0.5) is 0 Å². The summed E-state index contributed by atoms with van der Waals surface area (Å²) in [5.41, 5.74) is 4.23. The van der Waals surface area contributed by atoms with Gasteiger partial charge in [0.05, 0.1) is 6.04 Å². The van der Waals surface area contributed by atoms with Crippen LogP contribution in [0.5, 0.6) is 0 Å². The highest BCUT2D eigenvalue weighted by Gasteiger charge is 2.14. The lowest BCUT2D eigenvalue weighted by molar-refractivity contribution is -0.119. The van der Waals surface area contributed by atoms with E-state index in [1.165, 1.54) is 42.4 Å². The van der Waals surface area contributed by atoms with Crippen LogP contribution in [0.2, 0.25) is 0 Å². The van der Waals surface area contributed by atoms with Crippen LogP contribution in [-0.2, 0) is 17.6 Å². The third-order valence-corrected chi connectivity index (χ3v) is 3.56. The highest BCUT2D eigenvalue weighted by Crippen LogP contribution is 2.25. The second-order valence-electron chi connectivity index (χ2n) is 4.90. The Balaban J connectivity index is 2.22. The molecule has 0 heterocycles. The first-order chi connectivity index (χ1) is 8.20. The maximum Gasteiger partial charge on any atom is 0.217 e. The van der Waals surface area contributed by atoms with Gasteiger partial charge in [-0.2, -0.15) is 0 Å². The topological polar surface area (TPSA) is 29.1 Å².